The summed E-state index contributed by atoms with van der Waals surface area (Å²) in [4.78, 5) is 13.5. The summed E-state index contributed by atoms with van der Waals surface area (Å²) in [5.74, 6) is 3.06. The van der Waals surface area contributed by atoms with Gasteiger partial charge in [-0.25, -0.2) is 0 Å². The summed E-state index contributed by atoms with van der Waals surface area (Å²) in [6.07, 6.45) is 6.83. The minimum absolute atomic E-state index is 0.0440. The van der Waals surface area contributed by atoms with E-state index in [0.29, 0.717) is 12.4 Å². The van der Waals surface area contributed by atoms with Crippen LogP contribution in [0.3, 0.4) is 0 Å². The van der Waals surface area contributed by atoms with Crippen LogP contribution in [-0.4, -0.2) is 30.7 Å². The van der Waals surface area contributed by atoms with Crippen LogP contribution >= 0.6 is 0 Å². The van der Waals surface area contributed by atoms with Gasteiger partial charge < -0.3 is 14.7 Å². The Morgan fingerprint density at radius 2 is 2.20 bits per heavy atom. The Morgan fingerprint density at radius 1 is 1.40 bits per heavy atom. The number of likely N-dealkylation sites (tertiary alicyclic amines) is 1. The van der Waals surface area contributed by atoms with Gasteiger partial charge in [-0.3, -0.25) is 4.79 Å². The Morgan fingerprint density at radius 3 is 2.95 bits per heavy atom. The van der Waals surface area contributed by atoms with Crippen molar-refractivity contribution in [2.24, 2.45) is 11.8 Å². The van der Waals surface area contributed by atoms with Crippen molar-refractivity contribution >= 4 is 11.7 Å². The Hall–Kier alpha value is -1.36. The molecule has 2 N–H and O–H groups in total. The third kappa shape index (κ3) is 3.20. The van der Waals surface area contributed by atoms with Gasteiger partial charge in [-0.2, -0.15) is 0 Å². The van der Waals surface area contributed by atoms with Gasteiger partial charge in [-0.05, 0) is 32.1 Å². The van der Waals surface area contributed by atoms with E-state index in [1.54, 1.807) is 6.07 Å². The molecule has 0 bridgehead atoms. The smallest absolute Gasteiger partial charge is 0.280 e. The molecule has 0 radical (unpaired) electrons. The molecule has 3 rings (SSSR count). The number of anilines is 1. The third-order valence-corrected chi connectivity index (χ3v) is 4.79. The van der Waals surface area contributed by atoms with E-state index in [-0.39, 0.29) is 5.91 Å². The first kappa shape index (κ1) is 13.6. The molecule has 1 unspecified atom stereocenters. The predicted octanol–water partition coefficient (Wildman–Crippen LogP) is 1.02. The summed E-state index contributed by atoms with van der Waals surface area (Å²) < 4.78 is 4.95. The highest BCUT2D eigenvalue weighted by Gasteiger charge is 2.34. The van der Waals surface area contributed by atoms with Gasteiger partial charge in [0.2, 0.25) is 0 Å². The minimum atomic E-state index is 0.0440. The monoisotopic (exact) mass is 278 g/mol. The molecule has 110 valence electrons. The maximum Gasteiger partial charge on any atom is 0.280 e. The van der Waals surface area contributed by atoms with E-state index >= 15 is 0 Å². The first-order chi connectivity index (χ1) is 9.70. The molecule has 3 atom stereocenters. The van der Waals surface area contributed by atoms with E-state index in [2.05, 4.69) is 10.5 Å². The van der Waals surface area contributed by atoms with Crippen molar-refractivity contribution < 1.29 is 14.2 Å². The predicted molar refractivity (Wildman–Crippen MR) is 75.5 cm³/mol. The number of carbonyl (C=O) groups excluding carboxylic acids is 1. The minimum Gasteiger partial charge on any atom is -0.360 e. The number of aromatic nitrogens is 1. The zero-order chi connectivity index (χ0) is 13.9. The summed E-state index contributed by atoms with van der Waals surface area (Å²) >= 11 is 0. The Bertz CT molecular complexity index is 471. The van der Waals surface area contributed by atoms with E-state index in [1.807, 2.05) is 6.92 Å². The van der Waals surface area contributed by atoms with Crippen molar-refractivity contribution in [1.82, 2.24) is 5.16 Å². The topological polar surface area (TPSA) is 59.6 Å². The molecule has 2 aliphatic rings. The molecule has 1 saturated carbocycles. The summed E-state index contributed by atoms with van der Waals surface area (Å²) in [5, 5.41) is 6.62. The van der Waals surface area contributed by atoms with E-state index in [0.717, 1.165) is 30.7 Å². The maximum absolute atomic E-state index is 12.0. The van der Waals surface area contributed by atoms with Crippen LogP contribution in [0.2, 0.25) is 0 Å². The Balaban J connectivity index is 1.49. The molecule has 1 aliphatic heterocycles. The maximum atomic E-state index is 12.0. The van der Waals surface area contributed by atoms with Crippen LogP contribution in [-0.2, 0) is 4.79 Å². The highest BCUT2D eigenvalue weighted by molar-refractivity contribution is 5.90. The zero-order valence-electron chi connectivity index (χ0n) is 12.2. The summed E-state index contributed by atoms with van der Waals surface area (Å²) in [7, 11) is 0. The van der Waals surface area contributed by atoms with Crippen LogP contribution < -0.4 is 10.2 Å². The van der Waals surface area contributed by atoms with Crippen molar-refractivity contribution in [3.05, 3.63) is 11.8 Å². The average Bonchev–Trinajstić information content (AvgIpc) is 2.83. The number of hydrogen-bond acceptors (Lipinski definition) is 3. The number of nitrogens with one attached hydrogen (secondary N) is 2. The number of rotatable bonds is 3. The molecule has 1 aliphatic carbocycles. The Kier molecular flexibility index (Phi) is 4.05. The first-order valence-electron chi connectivity index (χ1n) is 7.77. The van der Waals surface area contributed by atoms with Crippen LogP contribution in [0.4, 0.5) is 5.82 Å². The first-order valence-corrected chi connectivity index (χ1v) is 7.77. The molecule has 0 spiro atoms. The van der Waals surface area contributed by atoms with Crippen LogP contribution in [0.1, 0.15) is 37.9 Å². The van der Waals surface area contributed by atoms with E-state index in [1.165, 1.54) is 37.0 Å². The summed E-state index contributed by atoms with van der Waals surface area (Å²) in [6, 6.07) is 1.75. The molecule has 2 heterocycles. The molecule has 1 saturated heterocycles. The SMILES string of the molecule is Cc1cc(NC(=O)C[NH+]2CC[C@H]3CCCC[C@@H]3C2)no1. The van der Waals surface area contributed by atoms with Crippen molar-refractivity contribution in [3.8, 4) is 0 Å². The number of nitrogens with zero attached hydrogens (tertiary/aromatic N) is 1. The number of hydrogen-bond donors (Lipinski definition) is 2. The van der Waals surface area contributed by atoms with E-state index < -0.39 is 0 Å². The number of aryl methyl sites for hydroxylation is 1. The molecule has 0 aromatic carbocycles. The quantitative estimate of drug-likeness (QED) is 0.868. The van der Waals surface area contributed by atoms with Crippen LogP contribution in [0.15, 0.2) is 10.6 Å². The molecular weight excluding hydrogens is 254 g/mol. The van der Waals surface area contributed by atoms with Gasteiger partial charge in [0.1, 0.15) is 5.76 Å². The second-order valence-electron chi connectivity index (χ2n) is 6.35. The lowest BCUT2D eigenvalue weighted by molar-refractivity contribution is -0.902. The van der Waals surface area contributed by atoms with Gasteiger partial charge in [0, 0.05) is 12.0 Å². The fourth-order valence-electron chi connectivity index (χ4n) is 3.80. The second-order valence-corrected chi connectivity index (χ2v) is 6.35. The second kappa shape index (κ2) is 5.95. The standard InChI is InChI=1S/C15H23N3O2/c1-11-8-14(17-20-11)16-15(19)10-18-7-6-12-4-2-3-5-13(12)9-18/h8,12-13H,2-7,9-10H2,1H3,(H,16,17,19)/p+1/t12-,13-/m1/s1. The van der Waals surface area contributed by atoms with Gasteiger partial charge in [-0.1, -0.05) is 18.0 Å². The number of fused-ring (bicyclic) bond motifs is 1. The number of quaternary nitrogens is 1. The van der Waals surface area contributed by atoms with Crippen molar-refractivity contribution in [2.75, 3.05) is 25.0 Å². The van der Waals surface area contributed by atoms with Gasteiger partial charge >= 0.3 is 0 Å². The van der Waals surface area contributed by atoms with E-state index in [4.69, 9.17) is 4.52 Å². The van der Waals surface area contributed by atoms with Gasteiger partial charge in [0.25, 0.3) is 5.91 Å². The lowest BCUT2D eigenvalue weighted by Crippen LogP contribution is -3.15. The van der Waals surface area contributed by atoms with Crippen LogP contribution in [0.5, 0.6) is 0 Å². The number of piperidine rings is 1. The molecule has 2 fully saturated rings. The molecule has 5 nitrogen and oxygen atoms in total. The average molecular weight is 278 g/mol. The Labute approximate surface area is 119 Å². The highest BCUT2D eigenvalue weighted by atomic mass is 16.5. The fourth-order valence-corrected chi connectivity index (χ4v) is 3.80. The summed E-state index contributed by atoms with van der Waals surface area (Å²) in [6.45, 7) is 4.67. The highest BCUT2D eigenvalue weighted by Crippen LogP contribution is 2.32. The van der Waals surface area contributed by atoms with E-state index in [9.17, 15) is 4.79 Å². The zero-order valence-corrected chi connectivity index (χ0v) is 12.2. The number of amides is 1. The van der Waals surface area contributed by atoms with Crippen LogP contribution in [0.25, 0.3) is 0 Å². The molecule has 1 amide bonds. The fraction of sp³-hybridized carbons (Fsp3) is 0.733. The van der Waals surface area contributed by atoms with Crippen molar-refractivity contribution in [3.63, 3.8) is 0 Å². The normalized spacial score (nSPS) is 29.8. The number of carbonyl (C=O) groups is 1. The lowest BCUT2D eigenvalue weighted by atomic mass is 9.75. The van der Waals surface area contributed by atoms with Gasteiger partial charge in [0.15, 0.2) is 12.4 Å². The summed E-state index contributed by atoms with van der Waals surface area (Å²) in [5.41, 5.74) is 0. The molecule has 20 heavy (non-hydrogen) atoms. The molecule has 1 aromatic heterocycles. The van der Waals surface area contributed by atoms with Gasteiger partial charge in [0.05, 0.1) is 13.1 Å². The van der Waals surface area contributed by atoms with Crippen LogP contribution in [0, 0.1) is 18.8 Å². The molecule has 5 heteroatoms. The third-order valence-electron chi connectivity index (χ3n) is 4.79. The molecule has 1 aromatic rings. The van der Waals surface area contributed by atoms with Gasteiger partial charge in [-0.15, -0.1) is 0 Å². The largest absolute Gasteiger partial charge is 0.360 e. The van der Waals surface area contributed by atoms with Crippen molar-refractivity contribution in [2.45, 2.75) is 39.0 Å². The lowest BCUT2D eigenvalue weighted by Gasteiger charge is -2.38. The molecular formula is C15H24N3O2+. The van der Waals surface area contributed by atoms with Crippen molar-refractivity contribution in [1.29, 1.82) is 0 Å².